The van der Waals surface area contributed by atoms with E-state index in [4.69, 9.17) is 0 Å². The fourth-order valence-electron chi connectivity index (χ4n) is 3.39. The van der Waals surface area contributed by atoms with Crippen LogP contribution in [0.15, 0.2) is 68.6 Å². The highest BCUT2D eigenvalue weighted by Crippen LogP contribution is 2.28. The lowest BCUT2D eigenvalue weighted by atomic mass is 10.1. The van der Waals surface area contributed by atoms with E-state index in [2.05, 4.69) is 53.8 Å². The van der Waals surface area contributed by atoms with Gasteiger partial charge >= 0.3 is 6.03 Å². The Labute approximate surface area is 208 Å². The molecule has 12 heteroatoms. The zero-order valence-electron chi connectivity index (χ0n) is 17.2. The number of nitrogens with zero attached hydrogens (tertiary/aromatic N) is 2. The summed E-state index contributed by atoms with van der Waals surface area (Å²) in [4.78, 5) is 13.7. The van der Waals surface area contributed by atoms with Crippen LogP contribution in [0.25, 0.3) is 0 Å². The van der Waals surface area contributed by atoms with Crippen LogP contribution in [0.2, 0.25) is 0 Å². The van der Waals surface area contributed by atoms with E-state index in [1.807, 2.05) is 6.19 Å². The number of halogens is 3. The minimum absolute atomic E-state index is 0.0703. The second kappa shape index (κ2) is 10.6. The number of hydrogen-bond donors (Lipinski definition) is 3. The fourth-order valence-corrected chi connectivity index (χ4v) is 6.13. The van der Waals surface area contributed by atoms with Crippen molar-refractivity contribution in [2.45, 2.75) is 29.9 Å². The molecule has 33 heavy (non-hydrogen) atoms. The number of carbonyl (C=O) groups excluding carboxylic acids is 1. The summed E-state index contributed by atoms with van der Waals surface area (Å²) in [5, 5.41) is 14.7. The molecule has 2 aromatic rings. The Hall–Kier alpha value is -2.46. The first-order chi connectivity index (χ1) is 15.6. The minimum Gasteiger partial charge on any atom is -0.334 e. The third kappa shape index (κ3) is 6.54. The quantitative estimate of drug-likeness (QED) is 0.421. The van der Waals surface area contributed by atoms with Crippen LogP contribution < -0.4 is 15.4 Å². The number of nitrogens with one attached hydrogen (secondary N) is 3. The molecule has 0 radical (unpaired) electrons. The third-order valence-corrected chi connectivity index (χ3v) is 7.98. The summed E-state index contributed by atoms with van der Waals surface area (Å²) < 4.78 is 42.3. The molecule has 0 spiro atoms. The Morgan fingerprint density at radius 3 is 2.61 bits per heavy atom. The number of rotatable bonds is 7. The zero-order chi connectivity index (χ0) is 24.2. The Bertz CT molecular complexity index is 1200. The van der Waals surface area contributed by atoms with E-state index >= 15 is 0 Å². The van der Waals surface area contributed by atoms with Gasteiger partial charge in [0, 0.05) is 33.8 Å². The van der Waals surface area contributed by atoms with Crippen molar-refractivity contribution in [3.05, 3.63) is 75.1 Å². The van der Waals surface area contributed by atoms with Crippen LogP contribution in [0, 0.1) is 17.3 Å². The number of nitriles is 1. The van der Waals surface area contributed by atoms with Crippen molar-refractivity contribution in [1.29, 1.82) is 5.26 Å². The predicted octanol–water partition coefficient (Wildman–Crippen LogP) is 3.57. The van der Waals surface area contributed by atoms with Gasteiger partial charge in [-0.25, -0.2) is 22.3 Å². The maximum atomic E-state index is 13.0. The van der Waals surface area contributed by atoms with Gasteiger partial charge in [0.25, 0.3) is 0 Å². The molecular weight excluding hydrogens is 581 g/mol. The van der Waals surface area contributed by atoms with Crippen molar-refractivity contribution in [3.8, 4) is 6.19 Å². The lowest BCUT2D eigenvalue weighted by Crippen LogP contribution is -2.40. The Morgan fingerprint density at radius 1 is 1.24 bits per heavy atom. The average molecular weight is 601 g/mol. The molecule has 2 aromatic carbocycles. The SMILES string of the molecule is C=C(NC(=O)NCc1ccc(F)cc1)[C@H]1C[C@@H](NS(=O)(=O)c2cc(Br)ccc2Br)CN1C#N. The van der Waals surface area contributed by atoms with Crippen molar-refractivity contribution in [1.82, 2.24) is 20.3 Å². The van der Waals surface area contributed by atoms with Gasteiger partial charge in [0.15, 0.2) is 6.19 Å². The zero-order valence-corrected chi connectivity index (χ0v) is 21.2. The van der Waals surface area contributed by atoms with Crippen molar-refractivity contribution >= 4 is 47.9 Å². The number of amides is 2. The standard InChI is InChI=1S/C21H20Br2FN5O3S/c1-13(27-21(30)26-10-14-2-5-16(24)6-3-14)19-9-17(11-29(19)12-25)28-33(31,32)20-8-15(22)4-7-18(20)23/h2-8,17,19,28H,1,9-11H2,(H2,26,27,30)/t17-,19-/m1/s1. The first-order valence-electron chi connectivity index (χ1n) is 9.71. The highest BCUT2D eigenvalue weighted by atomic mass is 79.9. The van der Waals surface area contributed by atoms with Crippen molar-refractivity contribution < 1.29 is 17.6 Å². The van der Waals surface area contributed by atoms with Crippen LogP contribution in [-0.4, -0.2) is 38.0 Å². The second-order valence-corrected chi connectivity index (χ2v) is 10.8. The number of carbonyl (C=O) groups is 1. The van der Waals surface area contributed by atoms with Gasteiger partial charge < -0.3 is 15.5 Å². The summed E-state index contributed by atoms with van der Waals surface area (Å²) in [6.45, 7) is 4.16. The summed E-state index contributed by atoms with van der Waals surface area (Å²) >= 11 is 6.51. The normalized spacial score (nSPS) is 17.9. The molecule has 1 saturated heterocycles. The maximum absolute atomic E-state index is 13.0. The smallest absolute Gasteiger partial charge is 0.319 e. The van der Waals surface area contributed by atoms with Crippen LogP contribution in [0.1, 0.15) is 12.0 Å². The molecule has 0 saturated carbocycles. The van der Waals surface area contributed by atoms with Crippen LogP contribution in [0.5, 0.6) is 0 Å². The topological polar surface area (TPSA) is 114 Å². The molecule has 0 unspecified atom stereocenters. The molecule has 1 aliphatic heterocycles. The van der Waals surface area contributed by atoms with Gasteiger partial charge in [0.2, 0.25) is 10.0 Å². The van der Waals surface area contributed by atoms with Crippen molar-refractivity contribution in [2.75, 3.05) is 6.54 Å². The van der Waals surface area contributed by atoms with E-state index in [1.165, 1.54) is 23.1 Å². The van der Waals surface area contributed by atoms with E-state index in [9.17, 15) is 22.9 Å². The van der Waals surface area contributed by atoms with E-state index in [-0.39, 0.29) is 35.9 Å². The lowest BCUT2D eigenvalue weighted by Gasteiger charge is -2.21. The number of likely N-dealkylation sites (tertiary alicyclic amines) is 1. The van der Waals surface area contributed by atoms with Gasteiger partial charge in [-0.3, -0.25) is 0 Å². The van der Waals surface area contributed by atoms with E-state index in [0.717, 1.165) is 0 Å². The number of hydrogen-bond acceptors (Lipinski definition) is 5. The highest BCUT2D eigenvalue weighted by Gasteiger charge is 2.36. The summed E-state index contributed by atoms with van der Waals surface area (Å²) in [6, 6.07) is 8.83. The van der Waals surface area contributed by atoms with Gasteiger partial charge in [-0.05, 0) is 58.2 Å². The molecule has 1 fully saturated rings. The Balaban J connectivity index is 1.60. The fraction of sp³-hybridized carbons (Fsp3) is 0.238. The van der Waals surface area contributed by atoms with Crippen LogP contribution in [-0.2, 0) is 16.6 Å². The molecule has 1 heterocycles. The van der Waals surface area contributed by atoms with Gasteiger partial charge in [-0.1, -0.05) is 34.6 Å². The number of urea groups is 1. The first-order valence-corrected chi connectivity index (χ1v) is 12.8. The molecule has 174 valence electrons. The van der Waals surface area contributed by atoms with E-state index < -0.39 is 28.1 Å². The molecule has 2 amide bonds. The van der Waals surface area contributed by atoms with Gasteiger partial charge in [0.1, 0.15) is 5.82 Å². The second-order valence-electron chi connectivity index (χ2n) is 7.36. The predicted molar refractivity (Wildman–Crippen MR) is 128 cm³/mol. The highest BCUT2D eigenvalue weighted by molar-refractivity contribution is 9.11. The summed E-state index contributed by atoms with van der Waals surface area (Å²) in [5.74, 6) is -0.369. The largest absolute Gasteiger partial charge is 0.334 e. The molecule has 0 aliphatic carbocycles. The third-order valence-electron chi connectivity index (χ3n) is 4.98. The van der Waals surface area contributed by atoms with Crippen molar-refractivity contribution in [2.24, 2.45) is 0 Å². The Kier molecular flexibility index (Phi) is 8.12. The van der Waals surface area contributed by atoms with Crippen LogP contribution in [0.4, 0.5) is 9.18 Å². The van der Waals surface area contributed by atoms with Crippen LogP contribution >= 0.6 is 31.9 Å². The molecule has 8 nitrogen and oxygen atoms in total. The molecule has 0 bridgehead atoms. The van der Waals surface area contributed by atoms with Crippen LogP contribution in [0.3, 0.4) is 0 Å². The maximum Gasteiger partial charge on any atom is 0.319 e. The molecule has 3 N–H and O–H groups in total. The molecular formula is C21H20Br2FN5O3S. The van der Waals surface area contributed by atoms with Gasteiger partial charge in [-0.2, -0.15) is 5.26 Å². The average Bonchev–Trinajstić information content (AvgIpc) is 3.17. The van der Waals surface area contributed by atoms with Gasteiger partial charge in [0.05, 0.1) is 10.9 Å². The van der Waals surface area contributed by atoms with E-state index in [1.54, 1.807) is 24.3 Å². The molecule has 3 rings (SSSR count). The number of sulfonamides is 1. The monoisotopic (exact) mass is 599 g/mol. The Morgan fingerprint density at radius 2 is 1.94 bits per heavy atom. The summed E-state index contributed by atoms with van der Waals surface area (Å²) in [7, 11) is -3.86. The number of benzene rings is 2. The molecule has 0 aromatic heterocycles. The lowest BCUT2D eigenvalue weighted by molar-refractivity contribution is 0.241. The van der Waals surface area contributed by atoms with E-state index in [0.29, 0.717) is 14.5 Å². The minimum atomic E-state index is -3.86. The van der Waals surface area contributed by atoms with Gasteiger partial charge in [-0.15, -0.1) is 0 Å². The summed E-state index contributed by atoms with van der Waals surface area (Å²) in [5.41, 5.74) is 0.975. The van der Waals surface area contributed by atoms with Crippen molar-refractivity contribution in [3.63, 3.8) is 0 Å². The first kappa shape index (κ1) is 25.2. The molecule has 1 aliphatic rings. The summed E-state index contributed by atoms with van der Waals surface area (Å²) in [6.07, 6.45) is 2.27. The molecule has 2 atom stereocenters.